The number of nitrogens with two attached hydrogens (primary N) is 1. The fourth-order valence-corrected chi connectivity index (χ4v) is 3.17. The summed E-state index contributed by atoms with van der Waals surface area (Å²) in [5, 5.41) is 1.58. The maximum Gasteiger partial charge on any atom is 0.101 e. The van der Waals surface area contributed by atoms with Gasteiger partial charge in [0.25, 0.3) is 0 Å². The lowest BCUT2D eigenvalue weighted by atomic mass is 10.1. The summed E-state index contributed by atoms with van der Waals surface area (Å²) in [6.07, 6.45) is 3.50. The van der Waals surface area contributed by atoms with Gasteiger partial charge in [0, 0.05) is 21.6 Å². The lowest BCUT2D eigenvalue weighted by Crippen LogP contribution is -2.21. The van der Waals surface area contributed by atoms with Gasteiger partial charge in [-0.05, 0) is 48.7 Å². The van der Waals surface area contributed by atoms with Gasteiger partial charge in [0.05, 0.1) is 5.02 Å². The summed E-state index contributed by atoms with van der Waals surface area (Å²) in [5.74, 6) is 0. The van der Waals surface area contributed by atoms with Crippen LogP contribution in [0.15, 0.2) is 50.9 Å². The zero-order chi connectivity index (χ0) is 14.5. The van der Waals surface area contributed by atoms with Crippen molar-refractivity contribution in [3.05, 3.63) is 51.6 Å². The predicted octanol–water partition coefficient (Wildman–Crippen LogP) is 4.93. The first kappa shape index (κ1) is 15.8. The van der Waals surface area contributed by atoms with Gasteiger partial charge in [-0.3, -0.25) is 0 Å². The van der Waals surface area contributed by atoms with Crippen molar-refractivity contribution in [1.82, 2.24) is 4.98 Å². The molecule has 0 amide bonds. The van der Waals surface area contributed by atoms with Gasteiger partial charge >= 0.3 is 0 Å². The van der Waals surface area contributed by atoms with E-state index in [9.17, 15) is 0 Å². The van der Waals surface area contributed by atoms with Crippen molar-refractivity contribution < 1.29 is 0 Å². The smallest absolute Gasteiger partial charge is 0.101 e. The van der Waals surface area contributed by atoms with Crippen LogP contribution in [0.2, 0.25) is 5.02 Å². The summed E-state index contributed by atoms with van der Waals surface area (Å²) >= 11 is 11.0. The SMILES string of the molecule is CCC(N)Cc1cc(Br)ccc1Sc1ccc(Cl)cn1. The predicted molar refractivity (Wildman–Crippen MR) is 89.5 cm³/mol. The normalized spacial score (nSPS) is 12.4. The van der Waals surface area contributed by atoms with E-state index in [-0.39, 0.29) is 6.04 Å². The molecule has 0 saturated heterocycles. The van der Waals surface area contributed by atoms with Gasteiger partial charge in [0.15, 0.2) is 0 Å². The molecule has 0 aliphatic heterocycles. The molecule has 0 saturated carbocycles. The number of rotatable bonds is 5. The van der Waals surface area contributed by atoms with E-state index in [1.54, 1.807) is 18.0 Å². The van der Waals surface area contributed by atoms with Crippen LogP contribution in [0, 0.1) is 0 Å². The average molecular weight is 372 g/mol. The summed E-state index contributed by atoms with van der Waals surface area (Å²) in [7, 11) is 0. The zero-order valence-corrected chi connectivity index (χ0v) is 14.3. The van der Waals surface area contributed by atoms with Gasteiger partial charge in [-0.2, -0.15) is 0 Å². The molecule has 0 spiro atoms. The van der Waals surface area contributed by atoms with E-state index in [4.69, 9.17) is 17.3 Å². The van der Waals surface area contributed by atoms with E-state index in [2.05, 4.69) is 40.0 Å². The van der Waals surface area contributed by atoms with Crippen molar-refractivity contribution in [2.24, 2.45) is 5.73 Å². The summed E-state index contributed by atoms with van der Waals surface area (Å²) in [4.78, 5) is 5.51. The Balaban J connectivity index is 2.23. The van der Waals surface area contributed by atoms with E-state index in [1.165, 1.54) is 10.5 Å². The monoisotopic (exact) mass is 370 g/mol. The van der Waals surface area contributed by atoms with Crippen LogP contribution in [-0.4, -0.2) is 11.0 Å². The summed E-state index contributed by atoms with van der Waals surface area (Å²) < 4.78 is 1.07. The van der Waals surface area contributed by atoms with E-state index in [1.807, 2.05) is 18.2 Å². The Hall–Kier alpha value is -0.550. The molecule has 2 nitrogen and oxygen atoms in total. The van der Waals surface area contributed by atoms with Crippen LogP contribution >= 0.6 is 39.3 Å². The second-order valence-corrected chi connectivity index (χ2v) is 6.96. The molecule has 0 radical (unpaired) electrons. The van der Waals surface area contributed by atoms with E-state index in [0.717, 1.165) is 22.3 Å². The third-order valence-corrected chi connectivity index (χ3v) is 4.73. The largest absolute Gasteiger partial charge is 0.327 e. The first-order valence-corrected chi connectivity index (χ1v) is 8.40. The highest BCUT2D eigenvalue weighted by Crippen LogP contribution is 2.32. The van der Waals surface area contributed by atoms with Gasteiger partial charge in [-0.1, -0.05) is 46.2 Å². The summed E-state index contributed by atoms with van der Waals surface area (Å²) in [6, 6.07) is 10.2. The molecule has 106 valence electrons. The fraction of sp³-hybridized carbons (Fsp3) is 0.267. The topological polar surface area (TPSA) is 38.9 Å². The van der Waals surface area contributed by atoms with Gasteiger partial charge < -0.3 is 5.73 Å². The number of benzene rings is 1. The molecule has 1 atom stereocenters. The number of halogens is 2. The van der Waals surface area contributed by atoms with Crippen molar-refractivity contribution in [3.8, 4) is 0 Å². The molecular formula is C15H16BrClN2S. The average Bonchev–Trinajstić information content (AvgIpc) is 2.44. The molecule has 0 aliphatic carbocycles. The highest BCUT2D eigenvalue weighted by atomic mass is 79.9. The Kier molecular flexibility index (Phi) is 5.90. The van der Waals surface area contributed by atoms with E-state index < -0.39 is 0 Å². The number of aromatic nitrogens is 1. The number of hydrogen-bond donors (Lipinski definition) is 1. The number of pyridine rings is 1. The molecule has 1 heterocycles. The van der Waals surface area contributed by atoms with Crippen molar-refractivity contribution >= 4 is 39.3 Å². The van der Waals surface area contributed by atoms with Crippen molar-refractivity contribution in [3.63, 3.8) is 0 Å². The molecule has 0 fully saturated rings. The first-order valence-electron chi connectivity index (χ1n) is 6.42. The Morgan fingerprint density at radius 1 is 1.35 bits per heavy atom. The third kappa shape index (κ3) is 4.48. The Bertz CT molecular complexity index is 575. The van der Waals surface area contributed by atoms with Gasteiger partial charge in [0.2, 0.25) is 0 Å². The van der Waals surface area contributed by atoms with Crippen LogP contribution in [0.1, 0.15) is 18.9 Å². The molecule has 1 aromatic carbocycles. The van der Waals surface area contributed by atoms with Crippen molar-refractivity contribution in [2.45, 2.75) is 35.7 Å². The summed E-state index contributed by atoms with van der Waals surface area (Å²) in [6.45, 7) is 2.11. The van der Waals surface area contributed by atoms with Crippen molar-refractivity contribution in [1.29, 1.82) is 0 Å². The van der Waals surface area contributed by atoms with Crippen LogP contribution in [0.4, 0.5) is 0 Å². The molecule has 1 aromatic heterocycles. The molecule has 2 aromatic rings. The summed E-state index contributed by atoms with van der Waals surface area (Å²) in [5.41, 5.74) is 7.33. The van der Waals surface area contributed by atoms with Gasteiger partial charge in [-0.25, -0.2) is 4.98 Å². The molecule has 0 bridgehead atoms. The molecule has 20 heavy (non-hydrogen) atoms. The maximum atomic E-state index is 6.08. The fourth-order valence-electron chi connectivity index (χ4n) is 1.77. The molecule has 0 aliphatic rings. The van der Waals surface area contributed by atoms with Crippen LogP contribution in [0.5, 0.6) is 0 Å². The minimum absolute atomic E-state index is 0.182. The minimum atomic E-state index is 0.182. The number of nitrogens with zero attached hydrogens (tertiary/aromatic N) is 1. The lowest BCUT2D eigenvalue weighted by molar-refractivity contribution is 0.641. The maximum absolute atomic E-state index is 6.08. The van der Waals surface area contributed by atoms with Gasteiger partial charge in [-0.15, -0.1) is 0 Å². The standard InChI is InChI=1S/C15H16BrClN2S/c1-2-13(18)8-10-7-11(16)3-5-14(10)20-15-6-4-12(17)9-19-15/h3-7,9,13H,2,8,18H2,1H3. The Morgan fingerprint density at radius 3 is 2.80 bits per heavy atom. The molecule has 5 heteroatoms. The minimum Gasteiger partial charge on any atom is -0.327 e. The van der Waals surface area contributed by atoms with E-state index in [0.29, 0.717) is 5.02 Å². The molecule has 2 N–H and O–H groups in total. The van der Waals surface area contributed by atoms with Crippen molar-refractivity contribution in [2.75, 3.05) is 0 Å². The van der Waals surface area contributed by atoms with Crippen LogP contribution in [0.25, 0.3) is 0 Å². The Labute approximate surface area is 137 Å². The quantitative estimate of drug-likeness (QED) is 0.810. The van der Waals surface area contributed by atoms with E-state index >= 15 is 0 Å². The van der Waals surface area contributed by atoms with Crippen LogP contribution in [-0.2, 0) is 6.42 Å². The number of hydrogen-bond acceptors (Lipinski definition) is 3. The highest BCUT2D eigenvalue weighted by Gasteiger charge is 2.09. The van der Waals surface area contributed by atoms with Gasteiger partial charge in [0.1, 0.15) is 5.03 Å². The first-order chi connectivity index (χ1) is 9.58. The molecule has 1 unspecified atom stereocenters. The third-order valence-electron chi connectivity index (χ3n) is 2.94. The second-order valence-electron chi connectivity index (χ2n) is 4.54. The lowest BCUT2D eigenvalue weighted by Gasteiger charge is -2.13. The Morgan fingerprint density at radius 2 is 2.15 bits per heavy atom. The molecule has 2 rings (SSSR count). The van der Waals surface area contributed by atoms with Crippen LogP contribution in [0.3, 0.4) is 0 Å². The second kappa shape index (κ2) is 7.46. The zero-order valence-electron chi connectivity index (χ0n) is 11.1. The highest BCUT2D eigenvalue weighted by molar-refractivity contribution is 9.10. The van der Waals surface area contributed by atoms with Crippen LogP contribution < -0.4 is 5.73 Å². The molecular weight excluding hydrogens is 356 g/mol.